The maximum atomic E-state index is 12.5. The van der Waals surface area contributed by atoms with Crippen molar-refractivity contribution in [1.82, 2.24) is 10.3 Å². The smallest absolute Gasteiger partial charge is 0.426 e. The topological polar surface area (TPSA) is 99.5 Å². The van der Waals surface area contributed by atoms with Crippen LogP contribution in [-0.4, -0.2) is 39.8 Å². The molecule has 0 saturated heterocycles. The van der Waals surface area contributed by atoms with Gasteiger partial charge in [0.2, 0.25) is 5.91 Å². The quantitative estimate of drug-likeness (QED) is 0.373. The van der Waals surface area contributed by atoms with Gasteiger partial charge in [0.1, 0.15) is 5.69 Å². The third-order valence-electron chi connectivity index (χ3n) is 4.43. The van der Waals surface area contributed by atoms with Crippen LogP contribution in [0.2, 0.25) is 0 Å². The van der Waals surface area contributed by atoms with E-state index in [1.807, 2.05) is 53.2 Å². The normalized spacial score (nSPS) is 11.7. The zero-order valence-electron chi connectivity index (χ0n) is 15.7. The highest BCUT2D eigenvalue weighted by atomic mass is 32.1. The van der Waals surface area contributed by atoms with Crippen molar-refractivity contribution in [2.45, 2.75) is 25.2 Å². The van der Waals surface area contributed by atoms with Crippen molar-refractivity contribution in [2.75, 3.05) is 0 Å². The molecule has 1 amide bonds. The fourth-order valence-corrected chi connectivity index (χ4v) is 3.57. The molecule has 3 aromatic rings. The van der Waals surface area contributed by atoms with Crippen LogP contribution in [0.15, 0.2) is 65.4 Å². The average Bonchev–Trinajstić information content (AvgIpc) is 3.25. The summed E-state index contributed by atoms with van der Waals surface area (Å²) in [6.45, 7) is 0. The molecule has 2 aromatic heterocycles. The summed E-state index contributed by atoms with van der Waals surface area (Å²) in [7, 11) is -1.68. The van der Waals surface area contributed by atoms with E-state index in [0.29, 0.717) is 17.8 Å². The molecule has 1 atom stereocenters. The highest BCUT2D eigenvalue weighted by molar-refractivity contribution is 7.07. The summed E-state index contributed by atoms with van der Waals surface area (Å²) in [5.74, 6) is -1.48. The van der Waals surface area contributed by atoms with Gasteiger partial charge in [-0.25, -0.2) is 4.98 Å². The minimum Gasteiger partial charge on any atom is -0.426 e. The molecule has 0 unspecified atom stereocenters. The molecule has 29 heavy (non-hydrogen) atoms. The Kier molecular flexibility index (Phi) is 7.29. The second kappa shape index (κ2) is 10.1. The average molecular weight is 408 g/mol. The summed E-state index contributed by atoms with van der Waals surface area (Å²) in [6.07, 6.45) is 0.244. The molecule has 0 fully saturated rings. The number of rotatable bonds is 9. The van der Waals surface area contributed by atoms with Crippen LogP contribution in [0.3, 0.4) is 0 Å². The first-order valence-corrected chi connectivity index (χ1v) is 10.2. The predicted octanol–water partition coefficient (Wildman–Crippen LogP) is 2.51. The molecule has 1 aromatic carbocycles. The van der Waals surface area contributed by atoms with Gasteiger partial charge in [0.25, 0.3) is 0 Å². The number of benzene rings is 1. The Bertz CT molecular complexity index is 948. The van der Waals surface area contributed by atoms with Gasteiger partial charge in [-0.2, -0.15) is 11.3 Å². The molecule has 0 aliphatic rings. The lowest BCUT2D eigenvalue weighted by atomic mass is 9.76. The molecule has 3 N–H and O–H groups in total. The fourth-order valence-electron chi connectivity index (χ4n) is 2.89. The molecule has 0 aliphatic heterocycles. The Labute approximate surface area is 173 Å². The number of carbonyl (C=O) groups excluding carboxylic acids is 2. The number of nitrogens with one attached hydrogen (secondary N) is 1. The lowest BCUT2D eigenvalue weighted by molar-refractivity contribution is -0.121. The van der Waals surface area contributed by atoms with E-state index in [-0.39, 0.29) is 18.6 Å². The molecular formula is C21H21BN2O4S. The van der Waals surface area contributed by atoms with E-state index in [9.17, 15) is 19.6 Å². The van der Waals surface area contributed by atoms with E-state index in [0.717, 1.165) is 11.1 Å². The van der Waals surface area contributed by atoms with Gasteiger partial charge in [-0.05, 0) is 40.9 Å². The fraction of sp³-hybridized carbons (Fsp3) is 0.190. The maximum Gasteiger partial charge on any atom is 0.475 e. The van der Waals surface area contributed by atoms with Crippen molar-refractivity contribution in [2.24, 2.45) is 0 Å². The van der Waals surface area contributed by atoms with E-state index in [1.54, 1.807) is 12.1 Å². The van der Waals surface area contributed by atoms with Crippen LogP contribution < -0.4 is 5.32 Å². The van der Waals surface area contributed by atoms with Crippen LogP contribution in [0.1, 0.15) is 28.9 Å². The predicted molar refractivity (Wildman–Crippen MR) is 113 cm³/mol. The largest absolute Gasteiger partial charge is 0.475 e. The number of thiophene rings is 1. The Balaban J connectivity index is 1.56. The van der Waals surface area contributed by atoms with Crippen molar-refractivity contribution >= 4 is 30.1 Å². The second-order valence-corrected chi connectivity index (χ2v) is 7.40. The first-order valence-electron chi connectivity index (χ1n) is 9.25. The highest BCUT2D eigenvalue weighted by Crippen LogP contribution is 2.17. The van der Waals surface area contributed by atoms with Crippen LogP contribution in [0.4, 0.5) is 0 Å². The van der Waals surface area contributed by atoms with Gasteiger partial charge in [0, 0.05) is 18.4 Å². The van der Waals surface area contributed by atoms with Crippen molar-refractivity contribution < 1.29 is 19.6 Å². The van der Waals surface area contributed by atoms with Crippen LogP contribution in [0, 0.1) is 0 Å². The zero-order chi connectivity index (χ0) is 20.6. The SMILES string of the molecule is O=C(CCC(=O)c1cccc(-c2ccccc2)n1)N[C@@H](Cc1ccsc1)B(O)O. The molecule has 148 valence electrons. The van der Waals surface area contributed by atoms with Gasteiger partial charge in [0.15, 0.2) is 5.78 Å². The number of carbonyl (C=O) groups is 2. The van der Waals surface area contributed by atoms with E-state index in [1.165, 1.54) is 11.3 Å². The van der Waals surface area contributed by atoms with Crippen LogP contribution in [0.25, 0.3) is 11.3 Å². The van der Waals surface area contributed by atoms with Gasteiger partial charge in [0.05, 0.1) is 11.6 Å². The minimum atomic E-state index is -1.68. The van der Waals surface area contributed by atoms with E-state index < -0.39 is 19.0 Å². The Morgan fingerprint density at radius 1 is 1.03 bits per heavy atom. The summed E-state index contributed by atoms with van der Waals surface area (Å²) in [6, 6.07) is 16.6. The number of aromatic nitrogens is 1. The number of hydrogen-bond donors (Lipinski definition) is 3. The summed E-state index contributed by atoms with van der Waals surface area (Å²) in [4.78, 5) is 29.1. The zero-order valence-corrected chi connectivity index (χ0v) is 16.5. The highest BCUT2D eigenvalue weighted by Gasteiger charge is 2.26. The summed E-state index contributed by atoms with van der Waals surface area (Å²) in [5, 5.41) is 25.4. The van der Waals surface area contributed by atoms with E-state index in [2.05, 4.69) is 10.3 Å². The third-order valence-corrected chi connectivity index (χ3v) is 5.16. The molecular weight excluding hydrogens is 387 g/mol. The lowest BCUT2D eigenvalue weighted by Crippen LogP contribution is -2.47. The minimum absolute atomic E-state index is 0.0101. The van der Waals surface area contributed by atoms with Crippen molar-refractivity contribution in [3.05, 3.63) is 76.6 Å². The lowest BCUT2D eigenvalue weighted by Gasteiger charge is -2.17. The molecule has 0 radical (unpaired) electrons. The monoisotopic (exact) mass is 408 g/mol. The summed E-state index contributed by atoms with van der Waals surface area (Å²) in [5.41, 5.74) is 2.82. The summed E-state index contributed by atoms with van der Waals surface area (Å²) < 4.78 is 0. The maximum absolute atomic E-state index is 12.5. The number of ketones is 1. The molecule has 0 aliphatic carbocycles. The molecule has 3 rings (SSSR count). The molecule has 0 saturated carbocycles. The summed E-state index contributed by atoms with van der Waals surface area (Å²) >= 11 is 1.50. The molecule has 0 bridgehead atoms. The first kappa shape index (κ1) is 20.9. The molecule has 8 heteroatoms. The van der Waals surface area contributed by atoms with Crippen molar-refractivity contribution in [1.29, 1.82) is 0 Å². The van der Waals surface area contributed by atoms with Gasteiger partial charge < -0.3 is 15.4 Å². The number of hydrogen-bond acceptors (Lipinski definition) is 6. The standard InChI is InChI=1S/C21H21BN2O4S/c25-19(18-8-4-7-17(23-18)16-5-2-1-3-6-16)9-10-21(26)24-20(22(27)28)13-15-11-12-29-14-15/h1-8,11-12,14,20,27-28H,9-10,13H2,(H,24,26)/t20-/m0/s1. The van der Waals surface area contributed by atoms with E-state index >= 15 is 0 Å². The van der Waals surface area contributed by atoms with Crippen molar-refractivity contribution in [3.8, 4) is 11.3 Å². The van der Waals surface area contributed by atoms with Gasteiger partial charge in [-0.3, -0.25) is 9.59 Å². The second-order valence-electron chi connectivity index (χ2n) is 6.62. The Morgan fingerprint density at radius 2 is 1.83 bits per heavy atom. The number of nitrogens with zero attached hydrogens (tertiary/aromatic N) is 1. The Morgan fingerprint density at radius 3 is 2.52 bits per heavy atom. The first-order chi connectivity index (χ1) is 14.0. The molecule has 6 nitrogen and oxygen atoms in total. The third kappa shape index (κ3) is 6.09. The number of amides is 1. The van der Waals surface area contributed by atoms with Crippen molar-refractivity contribution in [3.63, 3.8) is 0 Å². The number of pyridine rings is 1. The Hall–Kier alpha value is -2.81. The van der Waals surface area contributed by atoms with Crippen LogP contribution in [0.5, 0.6) is 0 Å². The van der Waals surface area contributed by atoms with Gasteiger partial charge in [-0.15, -0.1) is 0 Å². The van der Waals surface area contributed by atoms with Crippen LogP contribution >= 0.6 is 11.3 Å². The van der Waals surface area contributed by atoms with E-state index in [4.69, 9.17) is 0 Å². The van der Waals surface area contributed by atoms with Crippen LogP contribution in [-0.2, 0) is 11.2 Å². The van der Waals surface area contributed by atoms with Gasteiger partial charge in [-0.1, -0.05) is 36.4 Å². The van der Waals surface area contributed by atoms with Gasteiger partial charge >= 0.3 is 7.12 Å². The molecule has 2 heterocycles. The number of Topliss-reactive ketones (excluding diaryl/α,β-unsaturated/α-hetero) is 1. The molecule has 0 spiro atoms.